The van der Waals surface area contributed by atoms with Crippen molar-refractivity contribution in [2.75, 3.05) is 26.2 Å². The Bertz CT molecular complexity index is 319. The van der Waals surface area contributed by atoms with E-state index in [4.69, 9.17) is 4.74 Å². The van der Waals surface area contributed by atoms with Crippen LogP contribution in [0.15, 0.2) is 0 Å². The molecule has 0 spiro atoms. The van der Waals surface area contributed by atoms with Gasteiger partial charge in [-0.05, 0) is 40.5 Å². The highest BCUT2D eigenvalue weighted by Crippen LogP contribution is 2.20. The van der Waals surface area contributed by atoms with E-state index in [1.807, 2.05) is 13.8 Å². The van der Waals surface area contributed by atoms with Crippen LogP contribution in [0.1, 0.15) is 40.5 Å². The molecule has 1 rings (SSSR count). The summed E-state index contributed by atoms with van der Waals surface area (Å²) in [4.78, 5) is 26.2. The van der Waals surface area contributed by atoms with Crippen LogP contribution < -0.4 is 5.32 Å². The number of amides is 2. The monoisotopic (exact) mass is 270 g/mol. The maximum absolute atomic E-state index is 12.3. The van der Waals surface area contributed by atoms with E-state index in [1.165, 1.54) is 0 Å². The number of carbonyl (C=O) groups excluding carboxylic acids is 2. The van der Waals surface area contributed by atoms with Crippen LogP contribution in [0.4, 0.5) is 0 Å². The minimum Gasteiger partial charge on any atom is -0.376 e. The van der Waals surface area contributed by atoms with Crippen LogP contribution in [0, 0.1) is 5.41 Å². The van der Waals surface area contributed by atoms with E-state index in [9.17, 15) is 9.59 Å². The molecule has 0 radical (unpaired) electrons. The van der Waals surface area contributed by atoms with Crippen molar-refractivity contribution in [1.82, 2.24) is 10.2 Å². The van der Waals surface area contributed by atoms with E-state index in [-0.39, 0.29) is 17.9 Å². The number of nitrogens with zero attached hydrogens (tertiary/aromatic N) is 1. The smallest absolute Gasteiger partial charge is 0.237 e. The Labute approximate surface area is 115 Å². The first-order valence-corrected chi connectivity index (χ1v) is 7.12. The molecular weight excluding hydrogens is 244 g/mol. The summed E-state index contributed by atoms with van der Waals surface area (Å²) in [6, 6.07) is 0. The van der Waals surface area contributed by atoms with Crippen LogP contribution in [0.5, 0.6) is 0 Å². The van der Waals surface area contributed by atoms with Gasteiger partial charge in [-0.2, -0.15) is 0 Å². The predicted octanol–water partition coefficient (Wildman–Crippen LogP) is 1.18. The Balaban J connectivity index is 2.54. The van der Waals surface area contributed by atoms with Gasteiger partial charge in [0.2, 0.25) is 11.8 Å². The highest BCUT2D eigenvalue weighted by molar-refractivity contribution is 6.04. The number of rotatable bonds is 6. The summed E-state index contributed by atoms with van der Waals surface area (Å²) in [5.74, 6) is -0.345. The van der Waals surface area contributed by atoms with Crippen molar-refractivity contribution in [3.63, 3.8) is 0 Å². The molecule has 0 aromatic rings. The second-order valence-electron chi connectivity index (χ2n) is 5.45. The summed E-state index contributed by atoms with van der Waals surface area (Å²) in [6.45, 7) is 9.70. The van der Waals surface area contributed by atoms with Gasteiger partial charge in [0, 0.05) is 26.2 Å². The molecule has 0 aliphatic carbocycles. The predicted molar refractivity (Wildman–Crippen MR) is 73.7 cm³/mol. The zero-order valence-corrected chi connectivity index (χ0v) is 12.5. The molecule has 110 valence electrons. The zero-order chi connectivity index (χ0) is 14.5. The summed E-state index contributed by atoms with van der Waals surface area (Å²) in [5.41, 5.74) is -1.02. The highest BCUT2D eigenvalue weighted by atomic mass is 16.5. The molecule has 1 unspecified atom stereocenters. The highest BCUT2D eigenvalue weighted by Gasteiger charge is 2.38. The Morgan fingerprint density at radius 1 is 1.32 bits per heavy atom. The first-order chi connectivity index (χ1) is 8.93. The molecule has 0 aromatic carbocycles. The summed E-state index contributed by atoms with van der Waals surface area (Å²) in [5, 5.41) is 2.84. The number of hydrogen-bond acceptors (Lipinski definition) is 3. The van der Waals surface area contributed by atoms with Crippen molar-refractivity contribution in [1.29, 1.82) is 0 Å². The summed E-state index contributed by atoms with van der Waals surface area (Å²) in [6.07, 6.45) is 2.12. The quantitative estimate of drug-likeness (QED) is 0.737. The third-order valence-electron chi connectivity index (χ3n) is 3.67. The molecule has 1 aliphatic heterocycles. The zero-order valence-electron chi connectivity index (χ0n) is 12.5. The van der Waals surface area contributed by atoms with Crippen LogP contribution in [-0.2, 0) is 14.3 Å². The Morgan fingerprint density at radius 3 is 2.42 bits per heavy atom. The van der Waals surface area contributed by atoms with Crippen molar-refractivity contribution >= 4 is 11.8 Å². The number of hydrogen-bond donors (Lipinski definition) is 1. The van der Waals surface area contributed by atoms with Gasteiger partial charge in [0.25, 0.3) is 0 Å². The van der Waals surface area contributed by atoms with E-state index in [0.29, 0.717) is 19.6 Å². The van der Waals surface area contributed by atoms with Gasteiger partial charge >= 0.3 is 0 Å². The molecule has 1 atom stereocenters. The third kappa shape index (κ3) is 3.93. The molecule has 1 aliphatic rings. The fraction of sp³-hybridized carbons (Fsp3) is 0.857. The minimum absolute atomic E-state index is 0.100. The van der Waals surface area contributed by atoms with E-state index >= 15 is 0 Å². The van der Waals surface area contributed by atoms with Gasteiger partial charge in [-0.25, -0.2) is 0 Å². The van der Waals surface area contributed by atoms with Crippen molar-refractivity contribution in [2.45, 2.75) is 46.6 Å². The summed E-state index contributed by atoms with van der Waals surface area (Å²) >= 11 is 0. The first-order valence-electron chi connectivity index (χ1n) is 7.12. The Hall–Kier alpha value is -1.10. The van der Waals surface area contributed by atoms with Crippen LogP contribution in [-0.4, -0.2) is 49.1 Å². The van der Waals surface area contributed by atoms with Gasteiger partial charge < -0.3 is 15.0 Å². The number of nitrogens with one attached hydrogen (secondary N) is 1. The normalized spacial score (nSPS) is 19.3. The molecule has 1 heterocycles. The molecule has 5 nitrogen and oxygen atoms in total. The minimum atomic E-state index is -1.02. The van der Waals surface area contributed by atoms with Gasteiger partial charge in [0.15, 0.2) is 0 Å². The summed E-state index contributed by atoms with van der Waals surface area (Å²) in [7, 11) is 0. The van der Waals surface area contributed by atoms with Gasteiger partial charge in [-0.1, -0.05) is 0 Å². The average Bonchev–Trinajstić information content (AvgIpc) is 2.90. The molecule has 0 aromatic heterocycles. The average molecular weight is 270 g/mol. The van der Waals surface area contributed by atoms with E-state index in [1.54, 1.807) is 18.7 Å². The lowest BCUT2D eigenvalue weighted by atomic mass is 9.90. The topological polar surface area (TPSA) is 58.6 Å². The lowest BCUT2D eigenvalue weighted by Crippen LogP contribution is -2.50. The molecule has 0 bridgehead atoms. The molecule has 1 saturated heterocycles. The van der Waals surface area contributed by atoms with Gasteiger partial charge in [0.1, 0.15) is 5.41 Å². The lowest BCUT2D eigenvalue weighted by molar-refractivity contribution is -0.148. The van der Waals surface area contributed by atoms with Gasteiger partial charge in [-0.3, -0.25) is 9.59 Å². The van der Waals surface area contributed by atoms with Crippen LogP contribution in [0.3, 0.4) is 0 Å². The fourth-order valence-corrected chi connectivity index (χ4v) is 2.24. The van der Waals surface area contributed by atoms with Crippen molar-refractivity contribution in [3.8, 4) is 0 Å². The van der Waals surface area contributed by atoms with Crippen molar-refractivity contribution in [3.05, 3.63) is 0 Å². The Kier molecular flexibility index (Phi) is 5.79. The Morgan fingerprint density at radius 2 is 1.95 bits per heavy atom. The van der Waals surface area contributed by atoms with E-state index in [2.05, 4.69) is 5.32 Å². The number of carbonyl (C=O) groups is 2. The van der Waals surface area contributed by atoms with E-state index in [0.717, 1.165) is 19.4 Å². The van der Waals surface area contributed by atoms with Crippen LogP contribution in [0.2, 0.25) is 0 Å². The largest absolute Gasteiger partial charge is 0.376 e. The fourth-order valence-electron chi connectivity index (χ4n) is 2.24. The maximum Gasteiger partial charge on any atom is 0.237 e. The van der Waals surface area contributed by atoms with Gasteiger partial charge in [-0.15, -0.1) is 0 Å². The van der Waals surface area contributed by atoms with Crippen LogP contribution >= 0.6 is 0 Å². The molecule has 2 amide bonds. The summed E-state index contributed by atoms with van der Waals surface area (Å²) < 4.78 is 5.46. The molecule has 0 saturated carbocycles. The van der Waals surface area contributed by atoms with Crippen LogP contribution in [0.25, 0.3) is 0 Å². The van der Waals surface area contributed by atoms with E-state index < -0.39 is 5.41 Å². The second-order valence-corrected chi connectivity index (χ2v) is 5.45. The number of ether oxygens (including phenoxy) is 1. The maximum atomic E-state index is 12.3. The van der Waals surface area contributed by atoms with Crippen molar-refractivity contribution < 1.29 is 14.3 Å². The molecule has 5 heteroatoms. The molecule has 1 N–H and O–H groups in total. The first kappa shape index (κ1) is 16.0. The standard InChI is InChI=1S/C14H26N2O3/c1-5-16(6-2)13(18)14(3,4)12(17)15-10-11-8-7-9-19-11/h11H,5-10H2,1-4H3,(H,15,17). The SMILES string of the molecule is CCN(CC)C(=O)C(C)(C)C(=O)NCC1CCCO1. The van der Waals surface area contributed by atoms with Crippen molar-refractivity contribution in [2.24, 2.45) is 5.41 Å². The molecule has 19 heavy (non-hydrogen) atoms. The second kappa shape index (κ2) is 6.89. The third-order valence-corrected chi connectivity index (χ3v) is 3.67. The molecule has 1 fully saturated rings. The van der Waals surface area contributed by atoms with Gasteiger partial charge in [0.05, 0.1) is 6.10 Å². The lowest BCUT2D eigenvalue weighted by Gasteiger charge is -2.29. The molecular formula is C14H26N2O3.